The van der Waals surface area contributed by atoms with Gasteiger partial charge < -0.3 is 4.84 Å². The van der Waals surface area contributed by atoms with Gasteiger partial charge in [-0.1, -0.05) is 29.8 Å². The Morgan fingerprint density at radius 1 is 1.04 bits per heavy atom. The number of thioether (sulfide) groups is 1. The molecule has 0 spiro atoms. The van der Waals surface area contributed by atoms with Gasteiger partial charge in [0.2, 0.25) is 5.78 Å². The van der Waals surface area contributed by atoms with Crippen molar-refractivity contribution < 1.29 is 14.4 Å². The maximum Gasteiger partial charge on any atom is 0.366 e. The molecule has 0 saturated heterocycles. The van der Waals surface area contributed by atoms with Crippen molar-refractivity contribution in [2.24, 2.45) is 5.16 Å². The van der Waals surface area contributed by atoms with E-state index in [1.807, 2.05) is 58.2 Å². The van der Waals surface area contributed by atoms with Gasteiger partial charge in [-0.25, -0.2) is 4.79 Å². The van der Waals surface area contributed by atoms with Gasteiger partial charge >= 0.3 is 5.97 Å². The molecule has 0 aliphatic rings. The first-order valence-corrected chi connectivity index (χ1v) is 9.64. The van der Waals surface area contributed by atoms with Gasteiger partial charge in [-0.2, -0.15) is 0 Å². The first-order chi connectivity index (χ1) is 12.4. The zero-order chi connectivity index (χ0) is 19.3. The number of rotatable bonds is 6. The minimum absolute atomic E-state index is 0.220. The normalized spacial score (nSPS) is 11.3. The Kier molecular flexibility index (Phi) is 6.75. The maximum atomic E-state index is 12.6. The number of Topliss-reactive ketones (excluding diaryl/α,β-unsaturated/α-hetero) is 1. The Hall–Kier alpha value is -2.40. The van der Waals surface area contributed by atoms with E-state index in [2.05, 4.69) is 5.16 Å². The van der Waals surface area contributed by atoms with Crippen LogP contribution in [0.15, 0.2) is 46.4 Å². The van der Waals surface area contributed by atoms with Gasteiger partial charge in [0, 0.05) is 10.5 Å². The number of hydrogen-bond acceptors (Lipinski definition) is 5. The van der Waals surface area contributed by atoms with Crippen molar-refractivity contribution in [3.63, 3.8) is 0 Å². The lowest BCUT2D eigenvalue weighted by Crippen LogP contribution is -2.16. The number of carbonyl (C=O) groups excluding carboxylic acids is 2. The van der Waals surface area contributed by atoms with Crippen LogP contribution in [0, 0.1) is 20.8 Å². The van der Waals surface area contributed by atoms with Gasteiger partial charge in [0.25, 0.3) is 0 Å². The predicted molar refractivity (Wildman–Crippen MR) is 106 cm³/mol. The fourth-order valence-electron chi connectivity index (χ4n) is 2.82. The molecule has 0 fully saturated rings. The summed E-state index contributed by atoms with van der Waals surface area (Å²) < 4.78 is 0. The molecule has 0 atom stereocenters. The molecule has 2 aromatic carbocycles. The second-order valence-electron chi connectivity index (χ2n) is 6.10. The van der Waals surface area contributed by atoms with Crippen LogP contribution < -0.4 is 0 Å². The summed E-state index contributed by atoms with van der Waals surface area (Å²) >= 11 is 1.61. The number of hydrogen-bond donors (Lipinski definition) is 0. The van der Waals surface area contributed by atoms with Crippen LogP contribution in [0.2, 0.25) is 0 Å². The molecule has 0 heterocycles. The topological polar surface area (TPSA) is 55.7 Å². The third-order valence-corrected chi connectivity index (χ3v) is 4.81. The molecule has 5 heteroatoms. The molecule has 0 aliphatic heterocycles. The highest BCUT2D eigenvalue weighted by Gasteiger charge is 2.17. The van der Waals surface area contributed by atoms with Gasteiger partial charge in [-0.15, -0.1) is 11.8 Å². The molecular formula is C21H23NO3S. The Labute approximate surface area is 158 Å². The van der Waals surface area contributed by atoms with Gasteiger partial charge in [0.15, 0.2) is 0 Å². The first-order valence-electron chi connectivity index (χ1n) is 8.42. The van der Waals surface area contributed by atoms with E-state index in [1.165, 1.54) is 0 Å². The fraction of sp³-hybridized carbons (Fsp3) is 0.286. The van der Waals surface area contributed by atoms with Crippen LogP contribution in [0.5, 0.6) is 0 Å². The first kappa shape index (κ1) is 19.9. The second-order valence-corrected chi connectivity index (χ2v) is 6.98. The van der Waals surface area contributed by atoms with E-state index in [9.17, 15) is 9.59 Å². The highest BCUT2D eigenvalue weighted by atomic mass is 32.2. The van der Waals surface area contributed by atoms with Crippen LogP contribution in [-0.4, -0.2) is 23.7 Å². The molecule has 2 aromatic rings. The molecule has 0 aromatic heterocycles. The standard InChI is InChI=1S/C21H23NO3S/c1-6-18(20(23)16-7-9-17(26-5)10-8-16)22-25-21(24)19-14(3)11-13(2)12-15(19)4/h7-12H,6H2,1-5H3. The lowest BCUT2D eigenvalue weighted by Gasteiger charge is -2.09. The summed E-state index contributed by atoms with van der Waals surface area (Å²) in [5.74, 6) is -0.776. The summed E-state index contributed by atoms with van der Waals surface area (Å²) in [5, 5.41) is 3.85. The number of carbonyl (C=O) groups is 2. The van der Waals surface area contributed by atoms with Crippen LogP contribution in [-0.2, 0) is 4.84 Å². The quantitative estimate of drug-likeness (QED) is 0.233. The SMILES string of the molecule is CCC(=NOC(=O)c1c(C)cc(C)cc1C)C(=O)c1ccc(SC)cc1. The molecule has 0 N–H and O–H groups in total. The molecule has 0 bridgehead atoms. The number of aryl methyl sites for hydroxylation is 3. The molecule has 26 heavy (non-hydrogen) atoms. The van der Waals surface area contributed by atoms with Crippen LogP contribution >= 0.6 is 11.8 Å². The predicted octanol–water partition coefficient (Wildman–Crippen LogP) is 5.14. The Morgan fingerprint density at radius 3 is 2.12 bits per heavy atom. The van der Waals surface area contributed by atoms with Gasteiger partial charge in [0.1, 0.15) is 5.71 Å². The molecule has 0 aliphatic carbocycles. The summed E-state index contributed by atoms with van der Waals surface area (Å²) in [4.78, 5) is 31.2. The third kappa shape index (κ3) is 4.61. The molecule has 0 saturated carbocycles. The highest BCUT2D eigenvalue weighted by molar-refractivity contribution is 7.98. The van der Waals surface area contributed by atoms with E-state index in [-0.39, 0.29) is 11.5 Å². The Morgan fingerprint density at radius 2 is 1.62 bits per heavy atom. The van der Waals surface area contributed by atoms with Gasteiger partial charge in [0.05, 0.1) is 5.56 Å². The lowest BCUT2D eigenvalue weighted by atomic mass is 10.0. The van der Waals surface area contributed by atoms with E-state index >= 15 is 0 Å². The van der Waals surface area contributed by atoms with Crippen molar-refractivity contribution in [3.05, 3.63) is 64.2 Å². The van der Waals surface area contributed by atoms with Gasteiger partial charge in [-0.3, -0.25) is 4.79 Å². The average Bonchev–Trinajstić information content (AvgIpc) is 2.61. The van der Waals surface area contributed by atoms with Crippen LogP contribution in [0.25, 0.3) is 0 Å². The zero-order valence-electron chi connectivity index (χ0n) is 15.8. The molecule has 0 unspecified atom stereocenters. The summed E-state index contributed by atoms with van der Waals surface area (Å²) in [6.45, 7) is 7.51. The Bertz CT molecular complexity index is 831. The molecule has 0 radical (unpaired) electrons. The summed E-state index contributed by atoms with van der Waals surface area (Å²) in [5.41, 5.74) is 3.99. The summed E-state index contributed by atoms with van der Waals surface area (Å²) in [7, 11) is 0. The summed E-state index contributed by atoms with van der Waals surface area (Å²) in [6, 6.07) is 11.1. The van der Waals surface area contributed by atoms with Crippen molar-refractivity contribution in [1.82, 2.24) is 0 Å². The highest BCUT2D eigenvalue weighted by Crippen LogP contribution is 2.18. The lowest BCUT2D eigenvalue weighted by molar-refractivity contribution is 0.0513. The van der Waals surface area contributed by atoms with E-state index in [4.69, 9.17) is 4.84 Å². The van der Waals surface area contributed by atoms with E-state index in [0.717, 1.165) is 21.6 Å². The third-order valence-electron chi connectivity index (χ3n) is 4.07. The smallest absolute Gasteiger partial charge is 0.312 e. The van der Waals surface area contributed by atoms with Crippen LogP contribution in [0.3, 0.4) is 0 Å². The molecule has 0 amide bonds. The zero-order valence-corrected chi connectivity index (χ0v) is 16.6. The van der Waals surface area contributed by atoms with Crippen molar-refractivity contribution in [3.8, 4) is 0 Å². The molecule has 2 rings (SSSR count). The number of oxime groups is 1. The maximum absolute atomic E-state index is 12.6. The van der Waals surface area contributed by atoms with Gasteiger partial charge in [-0.05, 0) is 68.8 Å². The monoisotopic (exact) mass is 369 g/mol. The van der Waals surface area contributed by atoms with E-state index < -0.39 is 5.97 Å². The molecule has 136 valence electrons. The number of nitrogens with zero attached hydrogens (tertiary/aromatic N) is 1. The Balaban J connectivity index is 2.20. The van der Waals surface area contributed by atoms with E-state index in [0.29, 0.717) is 17.5 Å². The number of ketones is 1. The molecule has 4 nitrogen and oxygen atoms in total. The fourth-order valence-corrected chi connectivity index (χ4v) is 3.23. The van der Waals surface area contributed by atoms with Crippen LogP contribution in [0.1, 0.15) is 50.8 Å². The summed E-state index contributed by atoms with van der Waals surface area (Å²) in [6.07, 6.45) is 2.35. The van der Waals surface area contributed by atoms with Crippen LogP contribution in [0.4, 0.5) is 0 Å². The minimum Gasteiger partial charge on any atom is -0.312 e. The average molecular weight is 369 g/mol. The minimum atomic E-state index is -0.545. The number of benzene rings is 2. The van der Waals surface area contributed by atoms with Crippen molar-refractivity contribution in [2.75, 3.05) is 6.26 Å². The van der Waals surface area contributed by atoms with E-state index in [1.54, 1.807) is 23.9 Å². The van der Waals surface area contributed by atoms with Crippen molar-refractivity contribution in [2.45, 2.75) is 39.0 Å². The molecular weight excluding hydrogens is 346 g/mol. The van der Waals surface area contributed by atoms with Crippen molar-refractivity contribution >= 4 is 29.2 Å². The second kappa shape index (κ2) is 8.81. The largest absolute Gasteiger partial charge is 0.366 e. The van der Waals surface area contributed by atoms with Crippen molar-refractivity contribution in [1.29, 1.82) is 0 Å².